The molecule has 23 heavy (non-hydrogen) atoms. The minimum atomic E-state index is -0.0335. The Hall–Kier alpha value is -2.14. The first-order valence-electron chi connectivity index (χ1n) is 7.91. The van der Waals surface area contributed by atoms with E-state index in [4.69, 9.17) is 0 Å². The molecule has 4 nitrogen and oxygen atoms in total. The van der Waals surface area contributed by atoms with Crippen molar-refractivity contribution in [2.24, 2.45) is 0 Å². The van der Waals surface area contributed by atoms with Crippen LogP contribution in [0.15, 0.2) is 41.8 Å². The smallest absolute Gasteiger partial charge is 0.244 e. The topological polar surface area (TPSA) is 45.2 Å². The van der Waals surface area contributed by atoms with Gasteiger partial charge < -0.3 is 10.2 Å². The number of benzene rings is 1. The summed E-state index contributed by atoms with van der Waals surface area (Å²) in [5, 5.41) is 6.06. The molecule has 1 aliphatic rings. The van der Waals surface area contributed by atoms with Crippen LogP contribution in [0.4, 0.5) is 5.69 Å². The second kappa shape index (κ2) is 7.42. The number of nitrogens with zero attached hydrogens (tertiary/aromatic N) is 2. The van der Waals surface area contributed by atoms with E-state index in [0.29, 0.717) is 0 Å². The van der Waals surface area contributed by atoms with E-state index in [1.807, 2.05) is 18.4 Å². The van der Waals surface area contributed by atoms with Gasteiger partial charge in [0.2, 0.25) is 5.91 Å². The maximum absolute atomic E-state index is 12.0. The summed E-state index contributed by atoms with van der Waals surface area (Å²) < 4.78 is 0. The molecule has 0 unspecified atom stereocenters. The lowest BCUT2D eigenvalue weighted by molar-refractivity contribution is -0.117. The third kappa shape index (κ3) is 4.42. The summed E-state index contributed by atoms with van der Waals surface area (Å²) in [6, 6.07) is 10.7. The van der Waals surface area contributed by atoms with Gasteiger partial charge in [-0.05, 0) is 38.0 Å². The normalized spacial score (nSPS) is 16.0. The van der Waals surface area contributed by atoms with Gasteiger partial charge >= 0.3 is 0 Å². The SMILES string of the molecule is Cc1nc(C=CC(=O)NC2CCN(c3ccccc3)CC2)cs1. The van der Waals surface area contributed by atoms with E-state index in [9.17, 15) is 4.79 Å². The summed E-state index contributed by atoms with van der Waals surface area (Å²) >= 11 is 1.59. The maximum Gasteiger partial charge on any atom is 0.244 e. The van der Waals surface area contributed by atoms with Crippen LogP contribution in [0.3, 0.4) is 0 Å². The predicted molar refractivity (Wildman–Crippen MR) is 95.7 cm³/mol. The molecule has 1 amide bonds. The Morgan fingerprint density at radius 1 is 1.30 bits per heavy atom. The fourth-order valence-corrected chi connectivity index (χ4v) is 3.37. The zero-order valence-corrected chi connectivity index (χ0v) is 14.1. The van der Waals surface area contributed by atoms with Crippen LogP contribution in [0.25, 0.3) is 6.08 Å². The van der Waals surface area contributed by atoms with Crippen molar-refractivity contribution >= 4 is 29.0 Å². The van der Waals surface area contributed by atoms with Crippen molar-refractivity contribution in [3.8, 4) is 0 Å². The Morgan fingerprint density at radius 3 is 2.70 bits per heavy atom. The second-order valence-electron chi connectivity index (χ2n) is 5.73. The number of aryl methyl sites for hydroxylation is 1. The quantitative estimate of drug-likeness (QED) is 0.877. The molecule has 0 radical (unpaired) electrons. The Kier molecular flexibility index (Phi) is 5.08. The minimum absolute atomic E-state index is 0.0335. The number of aromatic nitrogens is 1. The molecule has 1 aromatic heterocycles. The molecule has 120 valence electrons. The highest BCUT2D eigenvalue weighted by Crippen LogP contribution is 2.19. The van der Waals surface area contributed by atoms with E-state index in [0.717, 1.165) is 36.6 Å². The molecule has 0 bridgehead atoms. The van der Waals surface area contributed by atoms with Crippen LogP contribution in [0.2, 0.25) is 0 Å². The number of hydrogen-bond acceptors (Lipinski definition) is 4. The van der Waals surface area contributed by atoms with Crippen molar-refractivity contribution in [3.63, 3.8) is 0 Å². The highest BCUT2D eigenvalue weighted by Gasteiger charge is 2.20. The Balaban J connectivity index is 1.47. The maximum atomic E-state index is 12.0. The van der Waals surface area contributed by atoms with E-state index in [2.05, 4.69) is 39.5 Å². The van der Waals surface area contributed by atoms with E-state index < -0.39 is 0 Å². The Bertz CT molecular complexity index is 673. The van der Waals surface area contributed by atoms with Crippen LogP contribution in [0.1, 0.15) is 23.5 Å². The zero-order chi connectivity index (χ0) is 16.1. The van der Waals surface area contributed by atoms with Crippen molar-refractivity contribution in [1.82, 2.24) is 10.3 Å². The van der Waals surface area contributed by atoms with Crippen LogP contribution in [0.5, 0.6) is 0 Å². The van der Waals surface area contributed by atoms with E-state index in [1.54, 1.807) is 23.5 Å². The first kappa shape index (κ1) is 15.7. The summed E-state index contributed by atoms with van der Waals surface area (Å²) in [7, 11) is 0. The molecule has 2 aromatic rings. The van der Waals surface area contributed by atoms with Crippen LogP contribution in [-0.2, 0) is 4.79 Å². The molecule has 1 saturated heterocycles. The predicted octanol–water partition coefficient (Wildman–Crippen LogP) is 3.25. The molecular weight excluding hydrogens is 306 g/mol. The average Bonchev–Trinajstić information content (AvgIpc) is 3.00. The number of nitrogens with one attached hydrogen (secondary N) is 1. The number of carbonyl (C=O) groups is 1. The van der Waals surface area contributed by atoms with Crippen LogP contribution in [0, 0.1) is 6.92 Å². The number of amides is 1. The van der Waals surface area contributed by atoms with Gasteiger partial charge in [-0.1, -0.05) is 18.2 Å². The molecule has 3 rings (SSSR count). The standard InChI is InChI=1S/C18H21N3OS/c1-14-19-16(13-23-14)7-8-18(22)20-15-9-11-21(12-10-15)17-5-3-2-4-6-17/h2-8,13,15H,9-12H2,1H3,(H,20,22). The molecule has 1 fully saturated rings. The number of para-hydroxylation sites is 1. The highest BCUT2D eigenvalue weighted by molar-refractivity contribution is 7.09. The largest absolute Gasteiger partial charge is 0.371 e. The van der Waals surface area contributed by atoms with Gasteiger partial charge in [-0.3, -0.25) is 4.79 Å². The Labute approximate surface area is 140 Å². The van der Waals surface area contributed by atoms with Crippen LogP contribution < -0.4 is 10.2 Å². The second-order valence-corrected chi connectivity index (χ2v) is 6.79. The Morgan fingerprint density at radius 2 is 2.04 bits per heavy atom. The van der Waals surface area contributed by atoms with Crippen molar-refractivity contribution in [1.29, 1.82) is 0 Å². The van der Waals surface area contributed by atoms with Crippen LogP contribution in [-0.4, -0.2) is 30.0 Å². The summed E-state index contributed by atoms with van der Waals surface area (Å²) in [6.45, 7) is 3.91. The minimum Gasteiger partial charge on any atom is -0.371 e. The van der Waals surface area contributed by atoms with Crippen LogP contribution >= 0.6 is 11.3 Å². The number of anilines is 1. The van der Waals surface area contributed by atoms with Gasteiger partial charge in [0.1, 0.15) is 0 Å². The van der Waals surface area contributed by atoms with Gasteiger partial charge in [0.05, 0.1) is 10.7 Å². The number of rotatable bonds is 4. The summed E-state index contributed by atoms with van der Waals surface area (Å²) in [5.74, 6) is -0.0335. The first-order valence-corrected chi connectivity index (χ1v) is 8.79. The molecule has 5 heteroatoms. The summed E-state index contributed by atoms with van der Waals surface area (Å²) in [6.07, 6.45) is 5.31. The number of hydrogen-bond donors (Lipinski definition) is 1. The number of piperidine rings is 1. The lowest BCUT2D eigenvalue weighted by Gasteiger charge is -2.33. The van der Waals surface area contributed by atoms with Gasteiger partial charge in [-0.15, -0.1) is 11.3 Å². The molecule has 1 N–H and O–H groups in total. The van der Waals surface area contributed by atoms with E-state index >= 15 is 0 Å². The third-order valence-electron chi connectivity index (χ3n) is 4.00. The third-order valence-corrected chi connectivity index (χ3v) is 4.80. The molecule has 1 aliphatic heterocycles. The van der Waals surface area contributed by atoms with Gasteiger partial charge in [0, 0.05) is 36.3 Å². The average molecular weight is 327 g/mol. The van der Waals surface area contributed by atoms with Gasteiger partial charge in [-0.2, -0.15) is 0 Å². The first-order chi connectivity index (χ1) is 11.2. The van der Waals surface area contributed by atoms with Crippen molar-refractivity contribution in [2.75, 3.05) is 18.0 Å². The van der Waals surface area contributed by atoms with Crippen molar-refractivity contribution in [3.05, 3.63) is 52.5 Å². The lowest BCUT2D eigenvalue weighted by Crippen LogP contribution is -2.44. The van der Waals surface area contributed by atoms with E-state index in [1.165, 1.54) is 5.69 Å². The number of thiazole rings is 1. The molecular formula is C18H21N3OS. The monoisotopic (exact) mass is 327 g/mol. The molecule has 0 spiro atoms. The van der Waals surface area contributed by atoms with E-state index in [-0.39, 0.29) is 11.9 Å². The lowest BCUT2D eigenvalue weighted by atomic mass is 10.0. The summed E-state index contributed by atoms with van der Waals surface area (Å²) in [5.41, 5.74) is 2.11. The number of carbonyl (C=O) groups excluding carboxylic acids is 1. The van der Waals surface area contributed by atoms with Gasteiger partial charge in [0.15, 0.2) is 0 Å². The van der Waals surface area contributed by atoms with Crippen molar-refractivity contribution < 1.29 is 4.79 Å². The molecule has 0 saturated carbocycles. The summed E-state index contributed by atoms with van der Waals surface area (Å²) in [4.78, 5) is 18.7. The fraction of sp³-hybridized carbons (Fsp3) is 0.333. The van der Waals surface area contributed by atoms with Gasteiger partial charge in [-0.25, -0.2) is 4.98 Å². The highest BCUT2D eigenvalue weighted by atomic mass is 32.1. The molecule has 1 aromatic carbocycles. The zero-order valence-electron chi connectivity index (χ0n) is 13.2. The molecule has 0 atom stereocenters. The molecule has 0 aliphatic carbocycles. The van der Waals surface area contributed by atoms with Crippen molar-refractivity contribution in [2.45, 2.75) is 25.8 Å². The molecule has 2 heterocycles. The fourth-order valence-electron chi connectivity index (χ4n) is 2.79. The van der Waals surface area contributed by atoms with Gasteiger partial charge in [0.25, 0.3) is 0 Å².